The number of carboxylic acids is 1. The molecule has 8 nitrogen and oxygen atoms in total. The number of alkyl carbamates (subject to hydrolysis) is 1. The first kappa shape index (κ1) is 24.7. The van der Waals surface area contributed by atoms with Crippen LogP contribution in [0.3, 0.4) is 0 Å². The Hall–Kier alpha value is -3.39. The van der Waals surface area contributed by atoms with Crippen molar-refractivity contribution in [2.24, 2.45) is 5.92 Å². The number of benzene rings is 2. The summed E-state index contributed by atoms with van der Waals surface area (Å²) >= 11 is 0. The minimum Gasteiger partial charge on any atom is -0.481 e. The van der Waals surface area contributed by atoms with Gasteiger partial charge in [-0.15, -0.1) is 0 Å². The van der Waals surface area contributed by atoms with Crippen molar-refractivity contribution in [2.75, 3.05) is 13.7 Å². The molecule has 0 aromatic heterocycles. The second-order valence-corrected chi connectivity index (χ2v) is 9.23. The molecule has 0 spiro atoms. The molecule has 0 bridgehead atoms. The van der Waals surface area contributed by atoms with Crippen LogP contribution in [-0.2, 0) is 19.1 Å². The number of fused-ring (bicyclic) bond motifs is 3. The summed E-state index contributed by atoms with van der Waals surface area (Å²) in [6, 6.07) is 14.6. The number of nitrogens with one attached hydrogen (secondary N) is 2. The van der Waals surface area contributed by atoms with E-state index in [-0.39, 0.29) is 12.5 Å². The van der Waals surface area contributed by atoms with E-state index in [2.05, 4.69) is 22.8 Å². The van der Waals surface area contributed by atoms with Gasteiger partial charge in [0, 0.05) is 19.1 Å². The fraction of sp³-hybridized carbons (Fsp3) is 0.444. The Morgan fingerprint density at radius 2 is 1.60 bits per heavy atom. The van der Waals surface area contributed by atoms with Crippen LogP contribution < -0.4 is 10.6 Å². The Morgan fingerprint density at radius 3 is 2.20 bits per heavy atom. The lowest BCUT2D eigenvalue weighted by Gasteiger charge is -2.31. The zero-order valence-corrected chi connectivity index (χ0v) is 20.0. The number of carbonyl (C=O) groups excluding carboxylic acids is 2. The molecule has 0 radical (unpaired) electrons. The number of aliphatic carboxylic acids is 1. The van der Waals surface area contributed by atoms with E-state index in [1.807, 2.05) is 36.4 Å². The summed E-state index contributed by atoms with van der Waals surface area (Å²) < 4.78 is 10.9. The largest absolute Gasteiger partial charge is 0.481 e. The maximum atomic E-state index is 13.0. The van der Waals surface area contributed by atoms with E-state index < -0.39 is 42.1 Å². The molecule has 1 saturated carbocycles. The minimum absolute atomic E-state index is 0.0983. The van der Waals surface area contributed by atoms with Gasteiger partial charge in [-0.05, 0) is 42.0 Å². The maximum absolute atomic E-state index is 13.0. The van der Waals surface area contributed by atoms with Gasteiger partial charge in [0.2, 0.25) is 5.91 Å². The van der Waals surface area contributed by atoms with Gasteiger partial charge in [0.25, 0.3) is 0 Å². The van der Waals surface area contributed by atoms with Crippen LogP contribution >= 0.6 is 0 Å². The molecule has 3 N–H and O–H groups in total. The van der Waals surface area contributed by atoms with E-state index in [9.17, 15) is 19.5 Å². The Labute approximate surface area is 205 Å². The second-order valence-electron chi connectivity index (χ2n) is 9.23. The van der Waals surface area contributed by atoms with Crippen molar-refractivity contribution in [2.45, 2.75) is 56.7 Å². The number of methoxy groups -OCH3 is 1. The van der Waals surface area contributed by atoms with E-state index in [1.165, 1.54) is 7.11 Å². The molecule has 186 valence electrons. The third-order valence-corrected chi connectivity index (χ3v) is 7.15. The fourth-order valence-corrected chi connectivity index (χ4v) is 5.17. The monoisotopic (exact) mass is 480 g/mol. The van der Waals surface area contributed by atoms with Crippen molar-refractivity contribution in [3.8, 4) is 11.1 Å². The molecular weight excluding hydrogens is 448 g/mol. The third kappa shape index (κ3) is 5.32. The van der Waals surface area contributed by atoms with Crippen LogP contribution in [0.5, 0.6) is 0 Å². The van der Waals surface area contributed by atoms with Gasteiger partial charge in [-0.1, -0.05) is 61.4 Å². The van der Waals surface area contributed by atoms with Crippen molar-refractivity contribution in [3.05, 3.63) is 59.7 Å². The molecule has 35 heavy (non-hydrogen) atoms. The molecule has 0 heterocycles. The van der Waals surface area contributed by atoms with Crippen LogP contribution in [0.2, 0.25) is 0 Å². The zero-order chi connectivity index (χ0) is 24.9. The summed E-state index contributed by atoms with van der Waals surface area (Å²) in [7, 11) is 1.45. The smallest absolute Gasteiger partial charge is 0.407 e. The number of carbonyl (C=O) groups is 3. The Kier molecular flexibility index (Phi) is 7.70. The first-order valence-electron chi connectivity index (χ1n) is 12.1. The lowest BCUT2D eigenvalue weighted by atomic mass is 9.84. The normalized spacial score (nSPS) is 20.7. The highest BCUT2D eigenvalue weighted by Crippen LogP contribution is 2.44. The lowest BCUT2D eigenvalue weighted by molar-refractivity contribution is -0.144. The number of carboxylic acid groups (broad SMARTS) is 1. The fourth-order valence-electron chi connectivity index (χ4n) is 5.17. The molecule has 2 aliphatic carbocycles. The zero-order valence-electron chi connectivity index (χ0n) is 20.0. The Morgan fingerprint density at radius 1 is 1.00 bits per heavy atom. The van der Waals surface area contributed by atoms with Crippen LogP contribution in [-0.4, -0.2) is 55.0 Å². The standard InChI is InChI=1S/C27H32N2O6/c1-16(34-2)24(25(30)28-23-14-8-7-13-21(23)26(31)32)29-27(33)35-15-22-19-11-5-3-9-17(19)18-10-4-6-12-20(18)22/h3-6,9-12,16,21-24H,7-8,13-15H2,1-2H3,(H,28,30)(H,29,33)(H,31,32). The topological polar surface area (TPSA) is 114 Å². The van der Waals surface area contributed by atoms with Gasteiger partial charge in [-0.3, -0.25) is 9.59 Å². The summed E-state index contributed by atoms with van der Waals surface area (Å²) in [5.74, 6) is -2.14. The van der Waals surface area contributed by atoms with Gasteiger partial charge in [-0.2, -0.15) is 0 Å². The summed E-state index contributed by atoms with van der Waals surface area (Å²) in [6.07, 6.45) is 1.40. The molecule has 2 aliphatic rings. The van der Waals surface area contributed by atoms with E-state index in [1.54, 1.807) is 6.92 Å². The average molecular weight is 481 g/mol. The van der Waals surface area contributed by atoms with Crippen LogP contribution in [0.4, 0.5) is 4.79 Å². The highest BCUT2D eigenvalue weighted by molar-refractivity contribution is 5.87. The molecule has 1 fully saturated rings. The number of ether oxygens (including phenoxy) is 2. The number of amides is 2. The summed E-state index contributed by atoms with van der Waals surface area (Å²) in [5, 5.41) is 15.0. The molecular formula is C27H32N2O6. The van der Waals surface area contributed by atoms with Crippen LogP contribution in [0.25, 0.3) is 11.1 Å². The van der Waals surface area contributed by atoms with Crippen molar-refractivity contribution in [1.82, 2.24) is 10.6 Å². The van der Waals surface area contributed by atoms with Gasteiger partial charge < -0.3 is 25.2 Å². The molecule has 4 unspecified atom stereocenters. The van der Waals surface area contributed by atoms with Crippen molar-refractivity contribution in [3.63, 3.8) is 0 Å². The highest BCUT2D eigenvalue weighted by Gasteiger charge is 2.36. The number of hydrogen-bond donors (Lipinski definition) is 3. The minimum atomic E-state index is -1.02. The molecule has 0 aliphatic heterocycles. The molecule has 2 aromatic rings. The Bertz CT molecular complexity index is 1040. The average Bonchev–Trinajstić information content (AvgIpc) is 3.19. The van der Waals surface area contributed by atoms with Crippen LogP contribution in [0.1, 0.15) is 49.7 Å². The molecule has 4 atom stereocenters. The first-order valence-corrected chi connectivity index (χ1v) is 12.1. The van der Waals surface area contributed by atoms with Gasteiger partial charge >= 0.3 is 12.1 Å². The Balaban J connectivity index is 1.41. The molecule has 4 rings (SSSR count). The first-order chi connectivity index (χ1) is 16.9. The SMILES string of the molecule is COC(C)C(NC(=O)OCC1c2ccccc2-c2ccccc21)C(=O)NC1CCCCC1C(=O)O. The van der Waals surface area contributed by atoms with Crippen molar-refractivity contribution >= 4 is 18.0 Å². The quantitative estimate of drug-likeness (QED) is 0.531. The third-order valence-electron chi connectivity index (χ3n) is 7.15. The predicted octanol–water partition coefficient (Wildman–Crippen LogP) is 3.69. The van der Waals surface area contributed by atoms with Gasteiger partial charge in [0.15, 0.2) is 0 Å². The van der Waals surface area contributed by atoms with Gasteiger partial charge in [-0.25, -0.2) is 4.79 Å². The highest BCUT2D eigenvalue weighted by atomic mass is 16.5. The molecule has 2 aromatic carbocycles. The summed E-state index contributed by atoms with van der Waals surface area (Å²) in [5.41, 5.74) is 4.45. The van der Waals surface area contributed by atoms with E-state index >= 15 is 0 Å². The summed E-state index contributed by atoms with van der Waals surface area (Å²) in [6.45, 7) is 1.79. The van der Waals surface area contributed by atoms with Crippen LogP contribution in [0, 0.1) is 5.92 Å². The van der Waals surface area contributed by atoms with Crippen molar-refractivity contribution < 1.29 is 29.0 Å². The molecule has 0 saturated heterocycles. The van der Waals surface area contributed by atoms with E-state index in [4.69, 9.17) is 9.47 Å². The van der Waals surface area contributed by atoms with Gasteiger partial charge in [0.1, 0.15) is 12.6 Å². The lowest BCUT2D eigenvalue weighted by Crippen LogP contribution is -2.57. The van der Waals surface area contributed by atoms with E-state index in [0.717, 1.165) is 35.1 Å². The number of hydrogen-bond acceptors (Lipinski definition) is 5. The number of rotatable bonds is 8. The van der Waals surface area contributed by atoms with Gasteiger partial charge in [0.05, 0.1) is 12.0 Å². The maximum Gasteiger partial charge on any atom is 0.407 e. The van der Waals surface area contributed by atoms with Crippen LogP contribution in [0.15, 0.2) is 48.5 Å². The van der Waals surface area contributed by atoms with Crippen molar-refractivity contribution in [1.29, 1.82) is 0 Å². The van der Waals surface area contributed by atoms with E-state index in [0.29, 0.717) is 12.8 Å². The molecule has 8 heteroatoms. The predicted molar refractivity (Wildman–Crippen MR) is 130 cm³/mol. The second kappa shape index (κ2) is 10.9. The molecule has 2 amide bonds. The summed E-state index contributed by atoms with van der Waals surface area (Å²) in [4.78, 5) is 37.4.